The highest BCUT2D eigenvalue weighted by atomic mass is 35.5. The van der Waals surface area contributed by atoms with Gasteiger partial charge in [0.15, 0.2) is 0 Å². The van der Waals surface area contributed by atoms with Gasteiger partial charge >= 0.3 is 0 Å². The zero-order valence-corrected chi connectivity index (χ0v) is 15.5. The Morgan fingerprint density at radius 2 is 2.12 bits per heavy atom. The van der Waals surface area contributed by atoms with Gasteiger partial charge in [-0.15, -0.1) is 15.8 Å². The summed E-state index contributed by atoms with van der Waals surface area (Å²) in [5.74, 6) is -0.948. The Balaban J connectivity index is 2.06. The number of rotatable bonds is 4. The van der Waals surface area contributed by atoms with Gasteiger partial charge in [-0.3, -0.25) is 10.2 Å². The largest absolute Gasteiger partial charge is 0.396 e. The Kier molecular flexibility index (Phi) is 4.61. The monoisotopic (exact) mass is 388 g/mol. The maximum absolute atomic E-state index is 13.0. The molecule has 130 valence electrons. The highest BCUT2D eigenvalue weighted by molar-refractivity contribution is 7.91. The van der Waals surface area contributed by atoms with Crippen LogP contribution in [0.25, 0.3) is 10.1 Å². The van der Waals surface area contributed by atoms with Crippen molar-refractivity contribution in [3.8, 4) is 0 Å². The van der Waals surface area contributed by atoms with Gasteiger partial charge in [-0.1, -0.05) is 11.6 Å². The highest BCUT2D eigenvalue weighted by Crippen LogP contribution is 2.38. The summed E-state index contributed by atoms with van der Waals surface area (Å²) >= 11 is 7.16. The molecule has 0 aliphatic carbocycles. The lowest BCUT2D eigenvalue weighted by Crippen LogP contribution is -2.42. The fourth-order valence-electron chi connectivity index (χ4n) is 2.97. The van der Waals surface area contributed by atoms with Crippen molar-refractivity contribution in [2.45, 2.75) is 30.5 Å². The van der Waals surface area contributed by atoms with E-state index in [-0.39, 0.29) is 23.1 Å². The maximum Gasteiger partial charge on any atom is 0.269 e. The summed E-state index contributed by atoms with van der Waals surface area (Å²) in [4.78, 5) is 12.0. The molecule has 1 aliphatic rings. The molecular weight excluding hydrogens is 372 g/mol. The van der Waals surface area contributed by atoms with Crippen LogP contribution < -0.4 is 5.43 Å². The van der Waals surface area contributed by atoms with Crippen molar-refractivity contribution in [2.75, 3.05) is 6.61 Å². The molecule has 1 amide bonds. The lowest BCUT2D eigenvalue weighted by atomic mass is 10.00. The van der Waals surface area contributed by atoms with E-state index in [0.717, 1.165) is 25.8 Å². The minimum absolute atomic E-state index is 0.170. The third kappa shape index (κ3) is 2.72. The molecule has 1 aliphatic heterocycles. The third-order valence-corrected chi connectivity index (χ3v) is 8.20. The molecule has 1 fully saturated rings. The van der Waals surface area contributed by atoms with Gasteiger partial charge in [0, 0.05) is 16.3 Å². The molecule has 1 aromatic heterocycles. The van der Waals surface area contributed by atoms with Crippen molar-refractivity contribution in [3.63, 3.8) is 0 Å². The SMILES string of the molecule is Cc1c(S(=O)(=O)N2NC(=O)C(CCO)C2C)sc2ccc(Cl)cc12. The van der Waals surface area contributed by atoms with E-state index in [1.165, 1.54) is 0 Å². The number of hydrogen-bond acceptors (Lipinski definition) is 5. The first kappa shape index (κ1) is 17.6. The molecule has 2 N–H and O–H groups in total. The molecule has 1 aromatic carbocycles. The van der Waals surface area contributed by atoms with E-state index < -0.39 is 22.0 Å². The number of carbonyl (C=O) groups excluding carboxylic acids is 1. The predicted octanol–water partition coefficient (Wildman–Crippen LogP) is 2.29. The Hall–Kier alpha value is -1.19. The number of nitrogens with one attached hydrogen (secondary N) is 1. The quantitative estimate of drug-likeness (QED) is 0.841. The Bertz CT molecular complexity index is 910. The van der Waals surface area contributed by atoms with E-state index in [2.05, 4.69) is 5.43 Å². The molecule has 6 nitrogen and oxygen atoms in total. The normalized spacial score (nSPS) is 22.2. The predicted molar refractivity (Wildman–Crippen MR) is 93.4 cm³/mol. The average molecular weight is 389 g/mol. The minimum Gasteiger partial charge on any atom is -0.396 e. The first-order chi connectivity index (χ1) is 11.3. The van der Waals surface area contributed by atoms with Gasteiger partial charge < -0.3 is 5.11 Å². The molecule has 2 heterocycles. The number of hydrogen-bond donors (Lipinski definition) is 2. The van der Waals surface area contributed by atoms with E-state index in [9.17, 15) is 13.2 Å². The van der Waals surface area contributed by atoms with Gasteiger partial charge in [-0.05, 0) is 49.4 Å². The van der Waals surface area contributed by atoms with Crippen LogP contribution in [0.5, 0.6) is 0 Å². The average Bonchev–Trinajstić information content (AvgIpc) is 3.00. The zero-order chi connectivity index (χ0) is 17.6. The molecule has 24 heavy (non-hydrogen) atoms. The van der Waals surface area contributed by atoms with Gasteiger partial charge in [-0.25, -0.2) is 8.42 Å². The molecule has 3 rings (SSSR count). The smallest absolute Gasteiger partial charge is 0.269 e. The third-order valence-electron chi connectivity index (χ3n) is 4.30. The van der Waals surface area contributed by atoms with Crippen LogP contribution >= 0.6 is 22.9 Å². The number of sulfonamides is 1. The lowest BCUT2D eigenvalue weighted by Gasteiger charge is -2.21. The van der Waals surface area contributed by atoms with Crippen molar-refractivity contribution < 1.29 is 18.3 Å². The Morgan fingerprint density at radius 3 is 2.79 bits per heavy atom. The minimum atomic E-state index is -3.88. The lowest BCUT2D eigenvalue weighted by molar-refractivity contribution is -0.123. The van der Waals surface area contributed by atoms with Crippen LogP contribution in [0.3, 0.4) is 0 Å². The number of amides is 1. The standard InChI is InChI=1S/C15H17ClN2O4S2/c1-8-12-7-10(16)3-4-13(12)23-15(8)24(21,22)18-9(2)11(5-6-19)14(20)17-18/h3-4,7,9,11,19H,5-6H2,1-2H3,(H,17,20). The van der Waals surface area contributed by atoms with Crippen LogP contribution in [0.4, 0.5) is 0 Å². The van der Waals surface area contributed by atoms with E-state index in [0.29, 0.717) is 10.6 Å². The first-order valence-corrected chi connectivity index (χ1v) is 10.0. The van der Waals surface area contributed by atoms with Crippen LogP contribution in [0, 0.1) is 12.8 Å². The topological polar surface area (TPSA) is 86.7 Å². The first-order valence-electron chi connectivity index (χ1n) is 7.42. The molecule has 9 heteroatoms. The molecule has 0 spiro atoms. The number of carbonyl (C=O) groups is 1. The zero-order valence-electron chi connectivity index (χ0n) is 13.1. The molecule has 0 saturated carbocycles. The molecule has 0 radical (unpaired) electrons. The summed E-state index contributed by atoms with van der Waals surface area (Å²) in [6.45, 7) is 3.22. The van der Waals surface area contributed by atoms with Crippen molar-refractivity contribution in [3.05, 3.63) is 28.8 Å². The van der Waals surface area contributed by atoms with E-state index >= 15 is 0 Å². The summed E-state index contributed by atoms with van der Waals surface area (Å²) in [6.07, 6.45) is 0.222. The van der Waals surface area contributed by atoms with Gasteiger partial charge in [0.1, 0.15) is 4.21 Å². The Labute approximate surface area is 149 Å². The van der Waals surface area contributed by atoms with Crippen LogP contribution in [0.1, 0.15) is 18.9 Å². The second kappa shape index (κ2) is 6.27. The van der Waals surface area contributed by atoms with Gasteiger partial charge in [0.25, 0.3) is 10.0 Å². The summed E-state index contributed by atoms with van der Waals surface area (Å²) in [6, 6.07) is 4.67. The number of fused-ring (bicyclic) bond motifs is 1. The van der Waals surface area contributed by atoms with Crippen LogP contribution in [0.15, 0.2) is 22.4 Å². The number of aliphatic hydroxyl groups excluding tert-OH is 1. The van der Waals surface area contributed by atoms with Gasteiger partial charge in [0.05, 0.1) is 12.0 Å². The van der Waals surface area contributed by atoms with Crippen molar-refractivity contribution in [1.82, 2.24) is 9.84 Å². The number of thiophene rings is 1. The van der Waals surface area contributed by atoms with Gasteiger partial charge in [-0.2, -0.15) is 0 Å². The second-order valence-corrected chi connectivity index (χ2v) is 9.29. The molecular formula is C15H17ClN2O4S2. The summed E-state index contributed by atoms with van der Waals surface area (Å²) in [7, 11) is -3.88. The molecule has 0 bridgehead atoms. The van der Waals surface area contributed by atoms with Crippen molar-refractivity contribution >= 4 is 49.0 Å². The van der Waals surface area contributed by atoms with E-state index in [4.69, 9.17) is 16.7 Å². The Morgan fingerprint density at radius 1 is 1.42 bits per heavy atom. The number of nitrogens with zero attached hydrogens (tertiary/aromatic N) is 1. The maximum atomic E-state index is 13.0. The summed E-state index contributed by atoms with van der Waals surface area (Å²) in [5.41, 5.74) is 3.05. The number of benzene rings is 1. The summed E-state index contributed by atoms with van der Waals surface area (Å²) in [5, 5.41) is 10.4. The molecule has 1 saturated heterocycles. The molecule has 2 aromatic rings. The highest BCUT2D eigenvalue weighted by Gasteiger charge is 2.45. The number of hydrazine groups is 1. The van der Waals surface area contributed by atoms with Crippen molar-refractivity contribution in [2.24, 2.45) is 5.92 Å². The number of aryl methyl sites for hydroxylation is 1. The van der Waals surface area contributed by atoms with E-state index in [1.54, 1.807) is 32.0 Å². The number of halogens is 1. The van der Waals surface area contributed by atoms with Crippen LogP contribution in [0.2, 0.25) is 5.02 Å². The second-order valence-electron chi connectivity index (χ2n) is 5.79. The van der Waals surface area contributed by atoms with Crippen molar-refractivity contribution in [1.29, 1.82) is 0 Å². The number of aliphatic hydroxyl groups is 1. The summed E-state index contributed by atoms with van der Waals surface area (Å²) < 4.78 is 28.1. The fraction of sp³-hybridized carbons (Fsp3) is 0.400. The van der Waals surface area contributed by atoms with Crippen LogP contribution in [-0.4, -0.2) is 36.5 Å². The van der Waals surface area contributed by atoms with Crippen LogP contribution in [-0.2, 0) is 14.8 Å². The molecule has 2 unspecified atom stereocenters. The fourth-order valence-corrected chi connectivity index (χ4v) is 6.47. The van der Waals surface area contributed by atoms with Gasteiger partial charge in [0.2, 0.25) is 5.91 Å². The van der Waals surface area contributed by atoms with E-state index in [1.807, 2.05) is 0 Å². The molecule has 2 atom stereocenters.